The van der Waals surface area contributed by atoms with Crippen LogP contribution in [0.1, 0.15) is 16.7 Å². The van der Waals surface area contributed by atoms with Crippen molar-refractivity contribution in [2.45, 2.75) is 19.7 Å². The van der Waals surface area contributed by atoms with Crippen LogP contribution in [0.2, 0.25) is 0 Å². The lowest BCUT2D eigenvalue weighted by Crippen LogP contribution is -2.10. The molecule has 0 atom stereocenters. The van der Waals surface area contributed by atoms with E-state index in [4.69, 9.17) is 10.5 Å². The Morgan fingerprint density at radius 1 is 1.10 bits per heavy atom. The summed E-state index contributed by atoms with van der Waals surface area (Å²) in [5.74, 6) is 0.621. The largest absolute Gasteiger partial charge is 0.489 e. The Morgan fingerprint density at radius 3 is 2.50 bits per heavy atom. The Kier molecular flexibility index (Phi) is 3.88. The van der Waals surface area contributed by atoms with Gasteiger partial charge in [0.2, 0.25) is 0 Å². The molecule has 0 aliphatic carbocycles. The minimum absolute atomic E-state index is 0.0623. The maximum absolute atomic E-state index is 12.7. The van der Waals surface area contributed by atoms with Gasteiger partial charge in [0.15, 0.2) is 0 Å². The van der Waals surface area contributed by atoms with Crippen LogP contribution in [0, 0.1) is 6.92 Å². The third-order valence-corrected chi connectivity index (χ3v) is 2.82. The number of hydrogen-bond donors (Lipinski definition) is 1. The van der Waals surface area contributed by atoms with E-state index in [2.05, 4.69) is 0 Å². The van der Waals surface area contributed by atoms with E-state index in [0.29, 0.717) is 11.3 Å². The number of ether oxygens (including phenoxy) is 1. The van der Waals surface area contributed by atoms with E-state index in [0.717, 1.165) is 11.6 Å². The number of nitrogens with two attached hydrogens (primary N) is 1. The van der Waals surface area contributed by atoms with Gasteiger partial charge in [0, 0.05) is 5.69 Å². The number of benzene rings is 2. The first-order valence-corrected chi connectivity index (χ1v) is 6.01. The van der Waals surface area contributed by atoms with Crippen LogP contribution >= 0.6 is 0 Å². The predicted molar refractivity (Wildman–Crippen MR) is 71.4 cm³/mol. The number of halogens is 3. The first-order valence-electron chi connectivity index (χ1n) is 6.01. The number of aryl methyl sites for hydroxylation is 1. The zero-order valence-corrected chi connectivity index (χ0v) is 10.9. The highest BCUT2D eigenvalue weighted by Crippen LogP contribution is 2.34. The van der Waals surface area contributed by atoms with Gasteiger partial charge in [-0.05, 0) is 42.3 Å². The van der Waals surface area contributed by atoms with E-state index in [-0.39, 0.29) is 12.3 Å². The van der Waals surface area contributed by atoms with E-state index in [1.54, 1.807) is 6.07 Å². The maximum atomic E-state index is 12.7. The Morgan fingerprint density at radius 2 is 1.85 bits per heavy atom. The molecule has 0 spiro atoms. The van der Waals surface area contributed by atoms with E-state index in [1.807, 2.05) is 25.1 Å². The third kappa shape index (κ3) is 3.44. The molecular weight excluding hydrogens is 267 g/mol. The van der Waals surface area contributed by atoms with Crippen molar-refractivity contribution in [3.05, 3.63) is 59.2 Å². The topological polar surface area (TPSA) is 35.2 Å². The van der Waals surface area contributed by atoms with Gasteiger partial charge in [-0.2, -0.15) is 13.2 Å². The van der Waals surface area contributed by atoms with Crippen molar-refractivity contribution in [3.8, 4) is 5.75 Å². The molecule has 5 heteroatoms. The van der Waals surface area contributed by atoms with Crippen molar-refractivity contribution in [3.63, 3.8) is 0 Å². The minimum atomic E-state index is -4.45. The summed E-state index contributed by atoms with van der Waals surface area (Å²) >= 11 is 0. The molecule has 0 bridgehead atoms. The van der Waals surface area contributed by atoms with E-state index in [9.17, 15) is 13.2 Å². The predicted octanol–water partition coefficient (Wildman–Crippen LogP) is 4.18. The lowest BCUT2D eigenvalue weighted by Gasteiger charge is -2.12. The Balaban J connectivity index is 2.14. The lowest BCUT2D eigenvalue weighted by molar-refractivity contribution is -0.137. The quantitative estimate of drug-likeness (QED) is 0.857. The van der Waals surface area contributed by atoms with Crippen molar-refractivity contribution in [1.29, 1.82) is 0 Å². The molecule has 2 nitrogen and oxygen atoms in total. The molecule has 0 saturated heterocycles. The molecule has 0 aliphatic rings. The average molecular weight is 281 g/mol. The average Bonchev–Trinajstić information content (AvgIpc) is 2.36. The van der Waals surface area contributed by atoms with Crippen molar-refractivity contribution in [2.24, 2.45) is 0 Å². The second-order valence-electron chi connectivity index (χ2n) is 4.52. The van der Waals surface area contributed by atoms with E-state index in [1.165, 1.54) is 12.1 Å². The van der Waals surface area contributed by atoms with Gasteiger partial charge in [0.1, 0.15) is 12.4 Å². The van der Waals surface area contributed by atoms with Gasteiger partial charge in [-0.1, -0.05) is 18.2 Å². The maximum Gasteiger partial charge on any atom is 0.418 e. The normalized spacial score (nSPS) is 11.4. The van der Waals surface area contributed by atoms with Gasteiger partial charge in [0.25, 0.3) is 0 Å². The summed E-state index contributed by atoms with van der Waals surface area (Å²) in [5.41, 5.74) is 5.68. The molecule has 0 aliphatic heterocycles. The number of hydrogen-bond acceptors (Lipinski definition) is 2. The number of rotatable bonds is 3. The summed E-state index contributed by atoms with van der Waals surface area (Å²) in [6.45, 7) is 1.98. The molecule has 0 unspecified atom stereocenters. The number of alkyl halides is 3. The molecule has 106 valence electrons. The highest BCUT2D eigenvalue weighted by Gasteiger charge is 2.33. The molecule has 2 N–H and O–H groups in total. The highest BCUT2D eigenvalue weighted by molar-refractivity contribution is 5.50. The van der Waals surface area contributed by atoms with Crippen molar-refractivity contribution in [1.82, 2.24) is 0 Å². The van der Waals surface area contributed by atoms with Crippen molar-refractivity contribution in [2.75, 3.05) is 5.73 Å². The summed E-state index contributed by atoms with van der Waals surface area (Å²) in [7, 11) is 0. The molecule has 2 aromatic rings. The van der Waals surface area contributed by atoms with Crippen LogP contribution in [-0.4, -0.2) is 0 Å². The zero-order valence-electron chi connectivity index (χ0n) is 10.9. The SMILES string of the molecule is Cc1cccc(OCc2ccc(N)c(C(F)(F)F)c2)c1. The van der Waals surface area contributed by atoms with Gasteiger partial charge >= 0.3 is 6.18 Å². The molecule has 20 heavy (non-hydrogen) atoms. The fourth-order valence-electron chi connectivity index (χ4n) is 1.81. The summed E-state index contributed by atoms with van der Waals surface area (Å²) in [6, 6.07) is 11.1. The second-order valence-corrected chi connectivity index (χ2v) is 4.52. The summed E-state index contributed by atoms with van der Waals surface area (Å²) in [6.07, 6.45) is -4.45. The second kappa shape index (κ2) is 5.45. The molecule has 2 aromatic carbocycles. The van der Waals surface area contributed by atoms with Gasteiger partial charge in [-0.15, -0.1) is 0 Å². The third-order valence-electron chi connectivity index (χ3n) is 2.82. The fraction of sp³-hybridized carbons (Fsp3) is 0.200. The van der Waals surface area contributed by atoms with Gasteiger partial charge in [-0.3, -0.25) is 0 Å². The molecule has 0 amide bonds. The van der Waals surface area contributed by atoms with Gasteiger partial charge < -0.3 is 10.5 Å². The standard InChI is InChI=1S/C15H14F3NO/c1-10-3-2-4-12(7-10)20-9-11-5-6-14(19)13(8-11)15(16,17)18/h2-8H,9,19H2,1H3. The molecule has 0 fully saturated rings. The first kappa shape index (κ1) is 14.2. The number of nitrogen functional groups attached to an aromatic ring is 1. The molecule has 0 radical (unpaired) electrons. The first-order chi connectivity index (χ1) is 9.36. The van der Waals surface area contributed by atoms with Crippen LogP contribution in [0.4, 0.5) is 18.9 Å². The highest BCUT2D eigenvalue weighted by atomic mass is 19.4. The molecule has 0 saturated carbocycles. The van der Waals surface area contributed by atoms with Crippen LogP contribution in [0.5, 0.6) is 5.75 Å². The minimum Gasteiger partial charge on any atom is -0.489 e. The van der Waals surface area contributed by atoms with Crippen molar-refractivity contribution < 1.29 is 17.9 Å². The fourth-order valence-corrected chi connectivity index (χ4v) is 1.81. The Labute approximate surface area is 115 Å². The van der Waals surface area contributed by atoms with Crippen LogP contribution in [0.15, 0.2) is 42.5 Å². The zero-order chi connectivity index (χ0) is 14.8. The molecule has 0 aromatic heterocycles. The lowest BCUT2D eigenvalue weighted by atomic mass is 10.1. The smallest absolute Gasteiger partial charge is 0.418 e. The Hall–Kier alpha value is -2.17. The molecular formula is C15H14F3NO. The van der Waals surface area contributed by atoms with Gasteiger partial charge in [0.05, 0.1) is 5.56 Å². The summed E-state index contributed by atoms with van der Waals surface area (Å²) in [4.78, 5) is 0. The van der Waals surface area contributed by atoms with E-state index < -0.39 is 11.7 Å². The van der Waals surface area contributed by atoms with Crippen LogP contribution in [0.3, 0.4) is 0 Å². The Bertz CT molecular complexity index is 608. The molecule has 0 heterocycles. The summed E-state index contributed by atoms with van der Waals surface area (Å²) in [5, 5.41) is 0. The van der Waals surface area contributed by atoms with Crippen LogP contribution in [0.25, 0.3) is 0 Å². The number of anilines is 1. The summed E-state index contributed by atoms with van der Waals surface area (Å²) < 4.78 is 43.6. The van der Waals surface area contributed by atoms with Gasteiger partial charge in [-0.25, -0.2) is 0 Å². The van der Waals surface area contributed by atoms with Crippen LogP contribution in [-0.2, 0) is 12.8 Å². The van der Waals surface area contributed by atoms with E-state index >= 15 is 0 Å². The van der Waals surface area contributed by atoms with Crippen molar-refractivity contribution >= 4 is 5.69 Å². The van der Waals surface area contributed by atoms with Crippen LogP contribution < -0.4 is 10.5 Å². The molecule has 2 rings (SSSR count). The monoisotopic (exact) mass is 281 g/mol.